The molecule has 2 aromatic carbocycles. The van der Waals surface area contributed by atoms with Gasteiger partial charge in [0.1, 0.15) is 41.9 Å². The molecule has 4 aromatic rings. The maximum Gasteiger partial charge on any atom is 0.410 e. The number of rotatable bonds is 17. The predicted octanol–water partition coefficient (Wildman–Crippen LogP) is 8.15. The summed E-state index contributed by atoms with van der Waals surface area (Å²) in [7, 11) is 1.54. The lowest BCUT2D eigenvalue weighted by atomic mass is 9.93. The number of nitrogens with zero attached hydrogens (tertiary/aromatic N) is 5. The van der Waals surface area contributed by atoms with Gasteiger partial charge in [0, 0.05) is 51.4 Å². The van der Waals surface area contributed by atoms with Crippen molar-refractivity contribution in [2.45, 2.75) is 122 Å². The van der Waals surface area contributed by atoms with E-state index in [0.29, 0.717) is 68.6 Å². The first kappa shape index (κ1) is 45.3. The Hall–Kier alpha value is -4.70. The Balaban J connectivity index is 1.10. The molecular weight excluding hydrogens is 801 g/mol. The molecule has 3 saturated heterocycles. The van der Waals surface area contributed by atoms with E-state index >= 15 is 4.39 Å². The zero-order valence-corrected chi connectivity index (χ0v) is 36.7. The molecule has 336 valence electrons. The van der Waals surface area contributed by atoms with Gasteiger partial charge in [-0.1, -0.05) is 36.8 Å². The SMILES string of the molecule is COCOc1cc(C)c(CCCCCO[C@H]2C[C@H](O)CCN(C(=O)OC(C)(C)C)C2)c(-c2ncc3c(OCc4ccccc4)nc(OC[C@@]45CCCN4C[C@H](F)C5)nc3c2F)c1. The second-order valence-electron chi connectivity index (χ2n) is 17.9. The summed E-state index contributed by atoms with van der Waals surface area (Å²) >= 11 is 0. The quantitative estimate of drug-likeness (QED) is 0.0811. The Kier molecular flexibility index (Phi) is 14.8. The van der Waals surface area contributed by atoms with Crippen LogP contribution < -0.4 is 14.2 Å². The standard InChI is InChI=1S/C47H61F2N5O8/c1-31-21-35(61-30-57-5)23-38(37(31)15-10-7-11-20-58-36-22-34(55)16-19-53(27-36)45(56)62-46(2,3)4)41-40(49)42-39(25-50-41)43(59-28-32-13-8-6-9-14-32)52-44(51-42)60-29-47-17-12-18-54(47)26-33(48)24-47/h6,8-9,13-14,21,23,25,33-34,36,55H,7,10-12,15-20,22,24,26-30H2,1-5H3/t33-,34-,36+,47+/m1/s1. The molecule has 3 fully saturated rings. The van der Waals surface area contributed by atoms with Crippen LogP contribution in [-0.2, 0) is 27.2 Å². The van der Waals surface area contributed by atoms with Crippen LogP contribution in [0.5, 0.6) is 17.6 Å². The number of amides is 1. The summed E-state index contributed by atoms with van der Waals surface area (Å²) in [5.74, 6) is -0.0202. The maximum absolute atomic E-state index is 17.2. The molecule has 0 aliphatic carbocycles. The Bertz CT molecular complexity index is 2140. The maximum atomic E-state index is 17.2. The van der Waals surface area contributed by atoms with E-state index in [0.717, 1.165) is 55.3 Å². The molecule has 0 radical (unpaired) electrons. The van der Waals surface area contributed by atoms with Gasteiger partial charge in [-0.2, -0.15) is 9.97 Å². The molecule has 3 aliphatic heterocycles. The highest BCUT2D eigenvalue weighted by atomic mass is 19.1. The average Bonchev–Trinajstić information content (AvgIpc) is 3.69. The van der Waals surface area contributed by atoms with Crippen LogP contribution in [-0.4, -0.2) is 119 Å². The number of likely N-dealkylation sites (tertiary alicyclic amines) is 1. The molecule has 5 heterocycles. The topological polar surface area (TPSA) is 138 Å². The van der Waals surface area contributed by atoms with Crippen molar-refractivity contribution in [3.8, 4) is 28.9 Å². The smallest absolute Gasteiger partial charge is 0.410 e. The number of aliphatic hydroxyl groups excluding tert-OH is 1. The molecule has 0 bridgehead atoms. The number of aryl methyl sites for hydroxylation is 1. The molecule has 62 heavy (non-hydrogen) atoms. The van der Waals surface area contributed by atoms with Gasteiger partial charge in [0.05, 0.1) is 29.7 Å². The van der Waals surface area contributed by atoms with Crippen LogP contribution in [0.25, 0.3) is 22.2 Å². The zero-order chi connectivity index (χ0) is 43.9. The van der Waals surface area contributed by atoms with Crippen molar-refractivity contribution in [3.05, 3.63) is 71.2 Å². The third-order valence-corrected chi connectivity index (χ3v) is 11.9. The van der Waals surface area contributed by atoms with Crippen molar-refractivity contribution >= 4 is 17.0 Å². The van der Waals surface area contributed by atoms with Crippen LogP contribution in [0, 0.1) is 12.7 Å². The number of aliphatic hydroxyl groups is 1. The largest absolute Gasteiger partial charge is 0.472 e. The van der Waals surface area contributed by atoms with E-state index in [1.54, 1.807) is 11.0 Å². The summed E-state index contributed by atoms with van der Waals surface area (Å²) in [4.78, 5) is 30.5. The molecule has 13 nitrogen and oxygen atoms in total. The van der Waals surface area contributed by atoms with Gasteiger partial charge < -0.3 is 38.4 Å². The number of methoxy groups -OCH3 is 1. The summed E-state index contributed by atoms with van der Waals surface area (Å²) in [6.07, 6.45) is 5.34. The molecule has 1 amide bonds. The number of fused-ring (bicyclic) bond motifs is 2. The number of benzene rings is 2. The van der Waals surface area contributed by atoms with E-state index in [1.807, 2.05) is 64.1 Å². The third kappa shape index (κ3) is 11.3. The second-order valence-corrected chi connectivity index (χ2v) is 17.9. The zero-order valence-electron chi connectivity index (χ0n) is 36.7. The molecule has 1 N–H and O–H groups in total. The summed E-state index contributed by atoms with van der Waals surface area (Å²) in [5.41, 5.74) is 2.31. The molecule has 15 heteroatoms. The number of ether oxygens (including phenoxy) is 6. The summed E-state index contributed by atoms with van der Waals surface area (Å²) in [6, 6.07) is 13.2. The average molecular weight is 862 g/mol. The number of carbonyl (C=O) groups is 1. The van der Waals surface area contributed by atoms with Crippen molar-refractivity contribution in [1.82, 2.24) is 24.8 Å². The Morgan fingerprint density at radius 2 is 1.85 bits per heavy atom. The van der Waals surface area contributed by atoms with E-state index in [-0.39, 0.29) is 49.2 Å². The highest BCUT2D eigenvalue weighted by molar-refractivity contribution is 5.87. The fourth-order valence-corrected chi connectivity index (χ4v) is 8.87. The third-order valence-electron chi connectivity index (χ3n) is 11.9. The summed E-state index contributed by atoms with van der Waals surface area (Å²) in [6.45, 7) is 10.2. The van der Waals surface area contributed by atoms with Crippen molar-refractivity contribution in [2.75, 3.05) is 53.3 Å². The Morgan fingerprint density at radius 1 is 1.03 bits per heavy atom. The molecule has 4 atom stereocenters. The molecule has 2 aromatic heterocycles. The molecular formula is C47H61F2N5O8. The van der Waals surface area contributed by atoms with Gasteiger partial charge in [0.15, 0.2) is 12.6 Å². The van der Waals surface area contributed by atoms with Crippen molar-refractivity contribution in [2.24, 2.45) is 0 Å². The number of unbranched alkanes of at least 4 members (excludes halogenated alkanes) is 2. The second kappa shape index (κ2) is 20.2. The summed E-state index contributed by atoms with van der Waals surface area (Å²) in [5, 5.41) is 10.8. The number of carbonyl (C=O) groups excluding carboxylic acids is 1. The Labute approximate surface area is 363 Å². The highest BCUT2D eigenvalue weighted by Crippen LogP contribution is 2.41. The number of hydrogen-bond donors (Lipinski definition) is 1. The van der Waals surface area contributed by atoms with Crippen LogP contribution in [0.1, 0.15) is 88.8 Å². The van der Waals surface area contributed by atoms with E-state index in [1.165, 1.54) is 13.3 Å². The van der Waals surface area contributed by atoms with Crippen molar-refractivity contribution < 1.29 is 47.1 Å². The molecule has 0 spiro atoms. The lowest BCUT2D eigenvalue weighted by Gasteiger charge is -2.30. The van der Waals surface area contributed by atoms with E-state index in [4.69, 9.17) is 28.4 Å². The number of alkyl halides is 1. The van der Waals surface area contributed by atoms with Gasteiger partial charge in [0.2, 0.25) is 5.88 Å². The molecule has 0 unspecified atom stereocenters. The molecule has 0 saturated carbocycles. The van der Waals surface area contributed by atoms with Crippen molar-refractivity contribution in [1.29, 1.82) is 0 Å². The van der Waals surface area contributed by atoms with Crippen LogP contribution >= 0.6 is 0 Å². The van der Waals surface area contributed by atoms with Gasteiger partial charge >= 0.3 is 12.1 Å². The van der Waals surface area contributed by atoms with Crippen LogP contribution in [0.2, 0.25) is 0 Å². The molecule has 7 rings (SSSR count). The minimum Gasteiger partial charge on any atom is -0.472 e. The minimum absolute atomic E-state index is 0.00328. The molecule has 3 aliphatic rings. The number of halogens is 2. The normalized spacial score (nSPS) is 21.8. The van der Waals surface area contributed by atoms with Gasteiger partial charge in [-0.25, -0.2) is 13.6 Å². The van der Waals surface area contributed by atoms with E-state index < -0.39 is 35.3 Å². The van der Waals surface area contributed by atoms with Crippen LogP contribution in [0.4, 0.5) is 13.6 Å². The number of pyridine rings is 1. The van der Waals surface area contributed by atoms with Crippen LogP contribution in [0.3, 0.4) is 0 Å². The van der Waals surface area contributed by atoms with Crippen LogP contribution in [0.15, 0.2) is 48.7 Å². The first-order valence-corrected chi connectivity index (χ1v) is 21.9. The van der Waals surface area contributed by atoms with E-state index in [9.17, 15) is 14.3 Å². The number of aromatic nitrogens is 3. The minimum atomic E-state index is -0.929. The Morgan fingerprint density at radius 3 is 2.65 bits per heavy atom. The monoisotopic (exact) mass is 861 g/mol. The highest BCUT2D eigenvalue weighted by Gasteiger charge is 2.49. The fraction of sp³-hybridized carbons (Fsp3) is 0.574. The lowest BCUT2D eigenvalue weighted by Crippen LogP contribution is -2.43. The van der Waals surface area contributed by atoms with Gasteiger partial charge in [-0.15, -0.1) is 0 Å². The predicted molar refractivity (Wildman–Crippen MR) is 230 cm³/mol. The summed E-state index contributed by atoms with van der Waals surface area (Å²) < 4.78 is 67.1. The van der Waals surface area contributed by atoms with Gasteiger partial charge in [-0.3, -0.25) is 9.88 Å². The lowest BCUT2D eigenvalue weighted by molar-refractivity contribution is -0.00537. The number of hydrogen-bond acceptors (Lipinski definition) is 12. The van der Waals surface area contributed by atoms with Crippen molar-refractivity contribution in [3.63, 3.8) is 0 Å². The fourth-order valence-electron chi connectivity index (χ4n) is 8.87. The first-order valence-electron chi connectivity index (χ1n) is 21.9. The van der Waals surface area contributed by atoms with Gasteiger partial charge in [-0.05, 0) is 102 Å². The first-order chi connectivity index (χ1) is 29.8. The van der Waals surface area contributed by atoms with E-state index in [2.05, 4.69) is 19.9 Å². The van der Waals surface area contributed by atoms with Gasteiger partial charge in [0.25, 0.3) is 0 Å².